The second-order valence-electron chi connectivity index (χ2n) is 3.17. The van der Waals surface area contributed by atoms with Crippen molar-refractivity contribution < 1.29 is 9.53 Å². The van der Waals surface area contributed by atoms with Crippen molar-refractivity contribution in [2.24, 2.45) is 0 Å². The summed E-state index contributed by atoms with van der Waals surface area (Å²) >= 11 is 3.38. The van der Waals surface area contributed by atoms with Gasteiger partial charge in [0.1, 0.15) is 0 Å². The molecule has 0 bridgehead atoms. The molecule has 1 heterocycles. The fourth-order valence-corrected chi connectivity index (χ4v) is 1.90. The van der Waals surface area contributed by atoms with Crippen LogP contribution in [-0.2, 0) is 9.53 Å². The van der Waals surface area contributed by atoms with E-state index in [1.807, 2.05) is 30.3 Å². The minimum atomic E-state index is -0.260. The van der Waals surface area contributed by atoms with Gasteiger partial charge in [-0.1, -0.05) is 46.3 Å². The number of cyclic esters (lactones) is 1. The summed E-state index contributed by atoms with van der Waals surface area (Å²) in [5.74, 6) is -0.245. The molecule has 1 atom stereocenters. The molecule has 0 amide bonds. The first-order chi connectivity index (χ1) is 6.70. The number of ether oxygens (including phenoxy) is 1. The molecule has 2 nitrogen and oxygen atoms in total. The highest BCUT2D eigenvalue weighted by molar-refractivity contribution is 9.11. The molecule has 0 N–H and O–H groups in total. The standard InChI is InChI=1S/C11H9BrO2/c1-7-9(12)10(14-11(7)13)8-5-3-2-4-6-8/h2-6,10H,1H3/t10-/m1/s1. The Morgan fingerprint density at radius 1 is 1.29 bits per heavy atom. The largest absolute Gasteiger partial charge is 0.449 e. The van der Waals surface area contributed by atoms with Gasteiger partial charge in [0.15, 0.2) is 6.10 Å². The second-order valence-corrected chi connectivity index (χ2v) is 4.02. The van der Waals surface area contributed by atoms with Crippen LogP contribution in [0.25, 0.3) is 0 Å². The molecule has 3 heteroatoms. The molecule has 1 aromatic carbocycles. The lowest BCUT2D eigenvalue weighted by Crippen LogP contribution is -2.01. The maximum absolute atomic E-state index is 11.3. The van der Waals surface area contributed by atoms with Crippen LogP contribution in [0.3, 0.4) is 0 Å². The van der Waals surface area contributed by atoms with Crippen LogP contribution in [-0.4, -0.2) is 5.97 Å². The van der Waals surface area contributed by atoms with Gasteiger partial charge in [0.25, 0.3) is 0 Å². The molecule has 1 aromatic rings. The number of hydrogen-bond acceptors (Lipinski definition) is 2. The Morgan fingerprint density at radius 3 is 2.43 bits per heavy atom. The molecular formula is C11H9BrO2. The molecule has 2 rings (SSSR count). The highest BCUT2D eigenvalue weighted by Crippen LogP contribution is 2.38. The molecule has 0 unspecified atom stereocenters. The minimum Gasteiger partial charge on any atom is -0.449 e. The molecule has 14 heavy (non-hydrogen) atoms. The Labute approximate surface area is 90.7 Å². The molecule has 1 aliphatic heterocycles. The predicted molar refractivity (Wildman–Crippen MR) is 56.9 cm³/mol. The number of carbonyl (C=O) groups excluding carboxylic acids is 1. The molecule has 0 aromatic heterocycles. The van der Waals surface area contributed by atoms with Crippen molar-refractivity contribution in [1.29, 1.82) is 0 Å². The van der Waals surface area contributed by atoms with E-state index in [0.29, 0.717) is 5.57 Å². The van der Waals surface area contributed by atoms with Crippen LogP contribution < -0.4 is 0 Å². The van der Waals surface area contributed by atoms with Gasteiger partial charge in [-0.3, -0.25) is 0 Å². The summed E-state index contributed by atoms with van der Waals surface area (Å²) in [5, 5.41) is 0. The third-order valence-corrected chi connectivity index (χ3v) is 3.23. The van der Waals surface area contributed by atoms with Crippen LogP contribution in [0.1, 0.15) is 18.6 Å². The Kier molecular flexibility index (Phi) is 2.42. The minimum absolute atomic E-state index is 0.245. The number of hydrogen-bond donors (Lipinski definition) is 0. The van der Waals surface area contributed by atoms with E-state index in [0.717, 1.165) is 10.0 Å². The Bertz CT molecular complexity index is 395. The van der Waals surface area contributed by atoms with Crippen molar-refractivity contribution in [2.45, 2.75) is 13.0 Å². The van der Waals surface area contributed by atoms with Gasteiger partial charge < -0.3 is 4.74 Å². The van der Waals surface area contributed by atoms with E-state index in [9.17, 15) is 4.79 Å². The Morgan fingerprint density at radius 2 is 1.93 bits per heavy atom. The average molecular weight is 253 g/mol. The lowest BCUT2D eigenvalue weighted by Gasteiger charge is -2.10. The quantitative estimate of drug-likeness (QED) is 0.719. The zero-order valence-corrected chi connectivity index (χ0v) is 9.24. The van der Waals surface area contributed by atoms with Gasteiger partial charge >= 0.3 is 5.97 Å². The zero-order chi connectivity index (χ0) is 10.1. The second kappa shape index (κ2) is 3.58. The fourth-order valence-electron chi connectivity index (χ4n) is 1.38. The van der Waals surface area contributed by atoms with Gasteiger partial charge in [0.2, 0.25) is 0 Å². The molecule has 0 fully saturated rings. The summed E-state index contributed by atoms with van der Waals surface area (Å²) in [7, 11) is 0. The van der Waals surface area contributed by atoms with Crippen molar-refractivity contribution in [3.63, 3.8) is 0 Å². The number of halogens is 1. The van der Waals surface area contributed by atoms with Gasteiger partial charge in [-0.15, -0.1) is 0 Å². The maximum atomic E-state index is 11.3. The van der Waals surface area contributed by atoms with Gasteiger partial charge in [0, 0.05) is 5.57 Å². The molecule has 0 saturated heterocycles. The number of benzene rings is 1. The third kappa shape index (κ3) is 1.48. The van der Waals surface area contributed by atoms with Crippen LogP contribution >= 0.6 is 15.9 Å². The van der Waals surface area contributed by atoms with Crippen molar-refractivity contribution >= 4 is 21.9 Å². The summed E-state index contributed by atoms with van der Waals surface area (Å²) in [6.45, 7) is 1.76. The molecule has 0 radical (unpaired) electrons. The predicted octanol–water partition coefficient (Wildman–Crippen LogP) is 2.95. The Hall–Kier alpha value is -1.09. The SMILES string of the molecule is CC1=C(Br)[C@@H](c2ccccc2)OC1=O. The van der Waals surface area contributed by atoms with Crippen molar-refractivity contribution in [2.75, 3.05) is 0 Å². The first kappa shape index (κ1) is 9.46. The van der Waals surface area contributed by atoms with E-state index in [2.05, 4.69) is 15.9 Å². The maximum Gasteiger partial charge on any atom is 0.335 e. The number of esters is 1. The van der Waals surface area contributed by atoms with Crippen LogP contribution in [0.2, 0.25) is 0 Å². The normalized spacial score (nSPS) is 21.3. The van der Waals surface area contributed by atoms with Crippen molar-refractivity contribution in [1.82, 2.24) is 0 Å². The summed E-state index contributed by atoms with van der Waals surface area (Å²) in [5.41, 5.74) is 1.64. The fraction of sp³-hybridized carbons (Fsp3) is 0.182. The van der Waals surface area contributed by atoms with Crippen LogP contribution in [0.4, 0.5) is 0 Å². The van der Waals surface area contributed by atoms with Crippen LogP contribution in [0.5, 0.6) is 0 Å². The van der Waals surface area contributed by atoms with Gasteiger partial charge in [-0.25, -0.2) is 4.79 Å². The molecule has 0 aliphatic carbocycles. The van der Waals surface area contributed by atoms with Crippen LogP contribution in [0, 0.1) is 0 Å². The summed E-state index contributed by atoms with van der Waals surface area (Å²) in [6, 6.07) is 9.68. The highest BCUT2D eigenvalue weighted by Gasteiger charge is 2.30. The number of carbonyl (C=O) groups is 1. The van der Waals surface area contributed by atoms with E-state index in [-0.39, 0.29) is 12.1 Å². The Balaban J connectivity index is 2.36. The van der Waals surface area contributed by atoms with Crippen molar-refractivity contribution in [3.8, 4) is 0 Å². The first-order valence-electron chi connectivity index (χ1n) is 4.32. The average Bonchev–Trinajstić information content (AvgIpc) is 2.47. The third-order valence-electron chi connectivity index (χ3n) is 2.22. The van der Waals surface area contributed by atoms with Crippen LogP contribution in [0.15, 0.2) is 40.4 Å². The van der Waals surface area contributed by atoms with Crippen molar-refractivity contribution in [3.05, 3.63) is 46.0 Å². The molecular weight excluding hydrogens is 244 g/mol. The summed E-state index contributed by atoms with van der Waals surface area (Å²) in [4.78, 5) is 11.3. The molecule has 72 valence electrons. The number of rotatable bonds is 1. The van der Waals surface area contributed by atoms with Gasteiger partial charge in [-0.2, -0.15) is 0 Å². The van der Waals surface area contributed by atoms with E-state index >= 15 is 0 Å². The topological polar surface area (TPSA) is 26.3 Å². The van der Waals surface area contributed by atoms with E-state index in [1.165, 1.54) is 0 Å². The van der Waals surface area contributed by atoms with E-state index in [1.54, 1.807) is 6.92 Å². The summed E-state index contributed by atoms with van der Waals surface area (Å²) in [6.07, 6.45) is -0.260. The van der Waals surface area contributed by atoms with E-state index in [4.69, 9.17) is 4.74 Å². The monoisotopic (exact) mass is 252 g/mol. The highest BCUT2D eigenvalue weighted by atomic mass is 79.9. The van der Waals surface area contributed by atoms with E-state index < -0.39 is 0 Å². The molecule has 1 aliphatic rings. The zero-order valence-electron chi connectivity index (χ0n) is 7.66. The van der Waals surface area contributed by atoms with Gasteiger partial charge in [0.05, 0.1) is 4.48 Å². The smallest absolute Gasteiger partial charge is 0.335 e. The lowest BCUT2D eigenvalue weighted by atomic mass is 10.1. The lowest BCUT2D eigenvalue weighted by molar-refractivity contribution is -0.139. The first-order valence-corrected chi connectivity index (χ1v) is 5.11. The van der Waals surface area contributed by atoms with Gasteiger partial charge in [-0.05, 0) is 12.5 Å². The molecule has 0 saturated carbocycles. The molecule has 0 spiro atoms. The summed E-state index contributed by atoms with van der Waals surface area (Å²) < 4.78 is 6.04.